The summed E-state index contributed by atoms with van der Waals surface area (Å²) in [6, 6.07) is 6.57. The van der Waals surface area contributed by atoms with E-state index >= 15 is 4.39 Å². The molecule has 1 aliphatic rings. The molecule has 1 fully saturated rings. The molecule has 0 saturated carbocycles. The van der Waals surface area contributed by atoms with Crippen molar-refractivity contribution in [1.29, 1.82) is 0 Å². The lowest BCUT2D eigenvalue weighted by Gasteiger charge is -2.25. The number of aromatic nitrogens is 4. The Hall–Kier alpha value is -3.62. The number of nitrogens with zero attached hydrogens (tertiary/aromatic N) is 4. The van der Waals surface area contributed by atoms with Crippen molar-refractivity contribution in [3.05, 3.63) is 49.3 Å². The van der Waals surface area contributed by atoms with Crippen molar-refractivity contribution in [2.24, 2.45) is 0 Å². The van der Waals surface area contributed by atoms with Crippen LogP contribution in [0.3, 0.4) is 0 Å². The van der Waals surface area contributed by atoms with E-state index in [2.05, 4.69) is 31.9 Å². The number of aliphatic carboxylic acids is 1. The summed E-state index contributed by atoms with van der Waals surface area (Å²) >= 11 is 0. The van der Waals surface area contributed by atoms with E-state index in [-0.39, 0.29) is 22.9 Å². The maximum Gasteiger partial charge on any atom is 0.459 e. The number of para-hydroxylation sites is 1. The van der Waals surface area contributed by atoms with Crippen molar-refractivity contribution in [2.45, 2.75) is 37.1 Å². The molecule has 0 bridgehead atoms. The number of nitrogen functional groups attached to an aromatic ring is 1. The van der Waals surface area contributed by atoms with Crippen molar-refractivity contribution in [1.82, 2.24) is 24.6 Å². The van der Waals surface area contributed by atoms with Gasteiger partial charge in [0.15, 0.2) is 23.2 Å². The van der Waals surface area contributed by atoms with E-state index in [1.54, 1.807) is 25.2 Å². The van der Waals surface area contributed by atoms with Gasteiger partial charge < -0.3 is 30.5 Å². The number of aliphatic hydroxyl groups excluding tert-OH is 1. The molecule has 16 heteroatoms. The van der Waals surface area contributed by atoms with Crippen molar-refractivity contribution in [3.8, 4) is 5.75 Å². The second-order valence-electron chi connectivity index (χ2n) is 8.39. The average Bonchev–Trinajstić information content (AvgIpc) is 3.41. The molecule has 0 radical (unpaired) electrons. The highest BCUT2D eigenvalue weighted by atomic mass is 31.2. The number of hydrogen-bond donors (Lipinski definition) is 5. The first-order valence-electron chi connectivity index (χ1n) is 11.3. The number of anilines is 2. The molecule has 6 N–H and O–H groups in total. The van der Waals surface area contributed by atoms with Crippen LogP contribution in [0.4, 0.5) is 16.2 Å². The van der Waals surface area contributed by atoms with Crippen LogP contribution in [-0.2, 0) is 18.6 Å². The first-order valence-corrected chi connectivity index (χ1v) is 12.9. The molecule has 0 spiro atoms. The van der Waals surface area contributed by atoms with Crippen molar-refractivity contribution < 1.29 is 37.7 Å². The van der Waals surface area contributed by atoms with E-state index in [0.29, 0.717) is 5.82 Å². The fraction of sp³-hybridized carbons (Fsp3) is 0.364. The lowest BCUT2D eigenvalue weighted by molar-refractivity contribution is -0.138. The summed E-state index contributed by atoms with van der Waals surface area (Å²) < 4.78 is 47.5. The van der Waals surface area contributed by atoms with Crippen molar-refractivity contribution >= 4 is 36.6 Å². The Morgan fingerprint density at radius 2 is 2.13 bits per heavy atom. The number of ether oxygens (including phenoxy) is 1. The molecule has 0 amide bonds. The number of nitrogens with one attached hydrogen (secondary N) is 2. The first-order chi connectivity index (χ1) is 18.0. The zero-order valence-corrected chi connectivity index (χ0v) is 21.3. The Bertz CT molecular complexity index is 1380. The van der Waals surface area contributed by atoms with Gasteiger partial charge in [0.25, 0.3) is 0 Å². The summed E-state index contributed by atoms with van der Waals surface area (Å²) in [6.45, 7) is 4.09. The number of fused-ring (bicyclic) bond motifs is 1. The molecule has 204 valence electrons. The number of rotatable bonds is 11. The Morgan fingerprint density at radius 3 is 2.76 bits per heavy atom. The molecule has 2 aromatic heterocycles. The predicted molar refractivity (Wildman–Crippen MR) is 134 cm³/mol. The number of halogens is 1. The van der Waals surface area contributed by atoms with Crippen LogP contribution in [-0.4, -0.2) is 73.3 Å². The Kier molecular flexibility index (Phi) is 7.67. The topological polar surface area (TPSA) is 196 Å². The van der Waals surface area contributed by atoms with E-state index in [4.69, 9.17) is 19.5 Å². The summed E-state index contributed by atoms with van der Waals surface area (Å²) in [4.78, 5) is 23.7. The van der Waals surface area contributed by atoms with Crippen LogP contribution < -0.4 is 20.7 Å². The average molecular weight is 551 g/mol. The van der Waals surface area contributed by atoms with Gasteiger partial charge in [0.1, 0.15) is 24.0 Å². The highest BCUT2D eigenvalue weighted by Crippen LogP contribution is 2.48. The van der Waals surface area contributed by atoms with E-state index in [9.17, 15) is 19.6 Å². The van der Waals surface area contributed by atoms with Crippen molar-refractivity contribution in [3.63, 3.8) is 0 Å². The minimum atomic E-state index is -4.35. The zero-order chi connectivity index (χ0) is 27.7. The van der Waals surface area contributed by atoms with Crippen LogP contribution in [0, 0.1) is 0 Å². The Morgan fingerprint density at radius 1 is 1.42 bits per heavy atom. The largest absolute Gasteiger partial charge is 0.480 e. The van der Waals surface area contributed by atoms with E-state index in [1.807, 2.05) is 0 Å². The van der Waals surface area contributed by atoms with Crippen LogP contribution in [0.1, 0.15) is 13.2 Å². The van der Waals surface area contributed by atoms with Gasteiger partial charge in [-0.15, -0.1) is 0 Å². The third kappa shape index (κ3) is 5.19. The van der Waals surface area contributed by atoms with Gasteiger partial charge in [-0.1, -0.05) is 24.8 Å². The number of carboxylic acids is 1. The van der Waals surface area contributed by atoms with Crippen molar-refractivity contribution in [2.75, 3.05) is 24.7 Å². The number of carbonyl (C=O) groups is 1. The van der Waals surface area contributed by atoms with Gasteiger partial charge in [-0.25, -0.2) is 13.9 Å². The molecule has 0 aliphatic carbocycles. The molecule has 14 nitrogen and oxygen atoms in total. The molecule has 1 aromatic carbocycles. The molecule has 6 atom stereocenters. The predicted octanol–water partition coefficient (Wildman–Crippen LogP) is 1.87. The van der Waals surface area contributed by atoms with E-state index < -0.39 is 50.5 Å². The molecular formula is C22H27FN7O7P. The lowest BCUT2D eigenvalue weighted by Crippen LogP contribution is -2.42. The van der Waals surface area contributed by atoms with Gasteiger partial charge in [-0.2, -0.15) is 15.1 Å². The quantitative estimate of drug-likeness (QED) is 0.171. The van der Waals surface area contributed by atoms with Gasteiger partial charge >= 0.3 is 13.7 Å². The van der Waals surface area contributed by atoms with Crippen LogP contribution >= 0.6 is 7.75 Å². The van der Waals surface area contributed by atoms with Crippen LogP contribution in [0.15, 0.2) is 49.3 Å². The molecular weight excluding hydrogens is 524 g/mol. The summed E-state index contributed by atoms with van der Waals surface area (Å²) in [5.74, 6) is -1.00. The highest BCUT2D eigenvalue weighted by molar-refractivity contribution is 7.52. The van der Waals surface area contributed by atoms with Gasteiger partial charge in [0.05, 0.1) is 12.9 Å². The van der Waals surface area contributed by atoms with Gasteiger partial charge in [-0.3, -0.25) is 13.9 Å². The van der Waals surface area contributed by atoms with E-state index in [1.165, 1.54) is 30.0 Å². The molecule has 1 aliphatic heterocycles. The van der Waals surface area contributed by atoms with Gasteiger partial charge in [0, 0.05) is 7.05 Å². The van der Waals surface area contributed by atoms with Crippen LogP contribution in [0.2, 0.25) is 0 Å². The molecule has 3 heterocycles. The molecule has 38 heavy (non-hydrogen) atoms. The van der Waals surface area contributed by atoms with Gasteiger partial charge in [0.2, 0.25) is 11.6 Å². The zero-order valence-electron chi connectivity index (χ0n) is 20.4. The van der Waals surface area contributed by atoms with Crippen LogP contribution in [0.5, 0.6) is 5.75 Å². The van der Waals surface area contributed by atoms with Gasteiger partial charge in [-0.05, 0) is 25.1 Å². The standard InChI is InChI=1S/C22H27FN7O7P/c1-4-22(23)16(31)14(36-20(22)30-11-26-15-17(25-3)27-21(24)28-18(15)30)10-35-38(34,29-12(2)19(32)33)37-13-8-6-5-7-9-13/h4-9,11-12,14,16,20,31H,1,10H2,2-3H3,(H,29,34)(H,32,33)(H3,24,25,27,28)/t12-,14+,16+,20+,22+,38?/m0/s1. The normalized spacial score (nSPS) is 25.5. The highest BCUT2D eigenvalue weighted by Gasteiger charge is 2.57. The second kappa shape index (κ2) is 10.6. The maximum absolute atomic E-state index is 16.1. The molecule has 1 saturated heterocycles. The van der Waals surface area contributed by atoms with E-state index in [0.717, 1.165) is 6.08 Å². The lowest BCUT2D eigenvalue weighted by atomic mass is 9.96. The number of alkyl halides is 1. The smallest absolute Gasteiger partial charge is 0.459 e. The second-order valence-corrected chi connectivity index (χ2v) is 10.1. The number of aliphatic hydroxyl groups is 1. The number of hydrogen-bond acceptors (Lipinski definition) is 11. The summed E-state index contributed by atoms with van der Waals surface area (Å²) in [5.41, 5.74) is 3.62. The SMILES string of the molecule is C=C[C@@]1(F)[C@H](O)[C@@H](COP(=O)(N[C@@H](C)C(=O)O)Oc2ccccc2)O[C@H]1n1cnc2c(NC)nc(N)nc21. The molecule has 1 unspecified atom stereocenters. The first kappa shape index (κ1) is 27.4. The summed E-state index contributed by atoms with van der Waals surface area (Å²) in [7, 11) is -2.75. The maximum atomic E-state index is 16.1. The summed E-state index contributed by atoms with van der Waals surface area (Å²) in [6.07, 6.45) is -2.63. The minimum Gasteiger partial charge on any atom is -0.480 e. The Labute approximate surface area is 216 Å². The number of carboxylic acid groups (broad SMARTS) is 1. The third-order valence-electron chi connectivity index (χ3n) is 5.83. The molecule has 3 aromatic rings. The number of imidazole rings is 1. The fourth-order valence-corrected chi connectivity index (χ4v) is 5.37. The Balaban J connectivity index is 1.61. The summed E-state index contributed by atoms with van der Waals surface area (Å²) in [5, 5.41) is 25.3. The fourth-order valence-electron chi connectivity index (χ4n) is 3.86. The minimum absolute atomic E-state index is 0.109. The number of nitrogens with two attached hydrogens (primary N) is 1. The van der Waals surface area contributed by atoms with Crippen LogP contribution in [0.25, 0.3) is 11.2 Å². The molecule has 4 rings (SSSR count). The monoisotopic (exact) mass is 551 g/mol. The number of benzene rings is 1. The third-order valence-corrected chi connectivity index (χ3v) is 7.47.